The van der Waals surface area contributed by atoms with E-state index in [-0.39, 0.29) is 18.4 Å². The van der Waals surface area contributed by atoms with Gasteiger partial charge in [-0.15, -0.1) is 0 Å². The highest BCUT2D eigenvalue weighted by atomic mass is 16.5. The number of benzene rings is 3. The van der Waals surface area contributed by atoms with Crippen LogP contribution in [0.3, 0.4) is 0 Å². The van der Waals surface area contributed by atoms with Crippen LogP contribution < -0.4 is 25.4 Å². The van der Waals surface area contributed by atoms with Gasteiger partial charge in [0.15, 0.2) is 0 Å². The van der Waals surface area contributed by atoms with Gasteiger partial charge in [0.25, 0.3) is 0 Å². The summed E-state index contributed by atoms with van der Waals surface area (Å²) in [6.45, 7) is 3.95. The number of hydrogen-bond donors (Lipinski definition) is 3. The third-order valence-corrected chi connectivity index (χ3v) is 6.39. The van der Waals surface area contributed by atoms with Crippen molar-refractivity contribution < 1.29 is 19.4 Å². The monoisotopic (exact) mass is 459 g/mol. The van der Waals surface area contributed by atoms with Crippen LogP contribution in [0.4, 0.5) is 22.7 Å². The number of nitrogen functional groups attached to an aromatic ring is 1. The highest BCUT2D eigenvalue weighted by Crippen LogP contribution is 2.45. The Morgan fingerprint density at radius 3 is 2.68 bits per heavy atom. The maximum absolute atomic E-state index is 11.1. The first-order chi connectivity index (χ1) is 16.5. The number of fused-ring (bicyclic) bond motifs is 2. The zero-order valence-electron chi connectivity index (χ0n) is 19.2. The number of nitrogens with zero attached hydrogens (tertiary/aromatic N) is 1. The molecule has 1 unspecified atom stereocenters. The third-order valence-electron chi connectivity index (χ3n) is 6.39. The van der Waals surface area contributed by atoms with Crippen LogP contribution in [0, 0.1) is 0 Å². The van der Waals surface area contributed by atoms with Crippen molar-refractivity contribution in [2.24, 2.45) is 0 Å². The lowest BCUT2D eigenvalue weighted by Gasteiger charge is -2.26. The van der Waals surface area contributed by atoms with Gasteiger partial charge in [0.1, 0.15) is 18.1 Å². The second-order valence-corrected chi connectivity index (χ2v) is 8.80. The van der Waals surface area contributed by atoms with Crippen LogP contribution in [0.25, 0.3) is 0 Å². The highest BCUT2D eigenvalue weighted by molar-refractivity contribution is 5.73. The Balaban J connectivity index is 1.39. The molecule has 34 heavy (non-hydrogen) atoms. The predicted molar refractivity (Wildman–Crippen MR) is 133 cm³/mol. The number of carbonyl (C=O) groups is 1. The maximum atomic E-state index is 11.1. The molecule has 0 radical (unpaired) electrons. The molecule has 0 aliphatic carbocycles. The molecule has 0 saturated carbocycles. The van der Waals surface area contributed by atoms with E-state index in [1.807, 2.05) is 42.5 Å². The molecule has 7 heteroatoms. The van der Waals surface area contributed by atoms with Crippen molar-refractivity contribution in [3.05, 3.63) is 71.8 Å². The number of hydrogen-bond acceptors (Lipinski definition) is 6. The summed E-state index contributed by atoms with van der Waals surface area (Å²) < 4.78 is 12.0. The summed E-state index contributed by atoms with van der Waals surface area (Å²) in [5, 5.41) is 12.7. The average Bonchev–Trinajstić information content (AvgIpc) is 3.42. The minimum absolute atomic E-state index is 0.000820. The van der Waals surface area contributed by atoms with Crippen molar-refractivity contribution in [2.75, 3.05) is 35.7 Å². The molecular weight excluding hydrogens is 430 g/mol. The first-order valence-corrected chi connectivity index (χ1v) is 11.7. The molecule has 176 valence electrons. The molecule has 0 fully saturated rings. The summed E-state index contributed by atoms with van der Waals surface area (Å²) >= 11 is 0. The van der Waals surface area contributed by atoms with E-state index in [9.17, 15) is 4.79 Å². The summed E-state index contributed by atoms with van der Waals surface area (Å²) in [5.41, 5.74) is 11.8. The molecule has 0 spiro atoms. The molecule has 5 rings (SSSR count). The predicted octanol–water partition coefficient (Wildman–Crippen LogP) is 5.31. The summed E-state index contributed by atoms with van der Waals surface area (Å²) in [7, 11) is 0. The van der Waals surface area contributed by atoms with Gasteiger partial charge >= 0.3 is 5.97 Å². The molecule has 2 heterocycles. The Kier molecular flexibility index (Phi) is 5.92. The Morgan fingerprint density at radius 2 is 1.91 bits per heavy atom. The average molecular weight is 460 g/mol. The minimum Gasteiger partial charge on any atom is -0.493 e. The van der Waals surface area contributed by atoms with Crippen LogP contribution in [-0.2, 0) is 4.79 Å². The number of aliphatic carboxylic acids is 1. The van der Waals surface area contributed by atoms with Gasteiger partial charge in [0.2, 0.25) is 0 Å². The van der Waals surface area contributed by atoms with Crippen molar-refractivity contribution in [3.63, 3.8) is 0 Å². The molecule has 4 N–H and O–H groups in total. The number of carboxylic acid groups (broad SMARTS) is 1. The quantitative estimate of drug-likeness (QED) is 0.393. The van der Waals surface area contributed by atoms with E-state index in [0.29, 0.717) is 13.2 Å². The fourth-order valence-corrected chi connectivity index (χ4v) is 4.78. The number of ether oxygens (including phenoxy) is 2. The maximum Gasteiger partial charge on any atom is 0.304 e. The van der Waals surface area contributed by atoms with E-state index in [1.54, 1.807) is 0 Å². The van der Waals surface area contributed by atoms with Gasteiger partial charge in [-0.25, -0.2) is 0 Å². The molecule has 7 nitrogen and oxygen atoms in total. The Labute approximate surface area is 199 Å². The van der Waals surface area contributed by atoms with Crippen molar-refractivity contribution in [1.29, 1.82) is 0 Å². The lowest BCUT2D eigenvalue weighted by molar-refractivity contribution is -0.137. The number of anilines is 4. The molecule has 2 atom stereocenters. The molecule has 2 aliphatic rings. The lowest BCUT2D eigenvalue weighted by atomic mass is 9.97. The molecule has 0 amide bonds. The van der Waals surface area contributed by atoms with Crippen molar-refractivity contribution in [1.82, 2.24) is 0 Å². The summed E-state index contributed by atoms with van der Waals surface area (Å²) in [6, 6.07) is 20.1. The second-order valence-electron chi connectivity index (χ2n) is 8.80. The van der Waals surface area contributed by atoms with E-state index in [0.717, 1.165) is 58.3 Å². The Morgan fingerprint density at radius 1 is 1.09 bits per heavy atom. The van der Waals surface area contributed by atoms with Gasteiger partial charge in [0.05, 0.1) is 24.8 Å². The first kappa shape index (κ1) is 21.9. The van der Waals surface area contributed by atoms with Gasteiger partial charge in [0, 0.05) is 46.7 Å². The van der Waals surface area contributed by atoms with E-state index < -0.39 is 5.97 Å². The second kappa shape index (κ2) is 9.17. The van der Waals surface area contributed by atoms with E-state index in [2.05, 4.69) is 35.3 Å². The number of rotatable bonds is 8. The smallest absolute Gasteiger partial charge is 0.304 e. The molecule has 0 saturated heterocycles. The molecule has 3 aromatic carbocycles. The van der Waals surface area contributed by atoms with Crippen LogP contribution in [-0.4, -0.2) is 30.8 Å². The van der Waals surface area contributed by atoms with Crippen LogP contribution in [0.15, 0.2) is 60.7 Å². The van der Waals surface area contributed by atoms with E-state index in [4.69, 9.17) is 20.3 Å². The van der Waals surface area contributed by atoms with Crippen molar-refractivity contribution >= 4 is 28.7 Å². The summed E-state index contributed by atoms with van der Waals surface area (Å²) in [5.74, 6) is 0.735. The molecule has 2 aliphatic heterocycles. The topological polar surface area (TPSA) is 97.0 Å². The fraction of sp³-hybridized carbons (Fsp3) is 0.296. The van der Waals surface area contributed by atoms with Crippen LogP contribution in [0.5, 0.6) is 11.5 Å². The standard InChI is InChI=1S/C27H29N3O4/c1-2-12-30(20-9-6-18(28)7-10-20)24-5-3-4-22-23(16-34-27(22)24)29-19-8-11-21-17(13-26(31)32)15-33-25(21)14-19/h3-11,14,17,23,29H,2,12-13,15-16,28H2,1H3,(H,31,32)/t17-,23?/m1/s1. The normalized spacial score (nSPS) is 17.9. The van der Waals surface area contributed by atoms with Gasteiger partial charge in [-0.2, -0.15) is 0 Å². The fourth-order valence-electron chi connectivity index (χ4n) is 4.78. The number of nitrogens with one attached hydrogen (secondary N) is 1. The van der Waals surface area contributed by atoms with E-state index in [1.165, 1.54) is 0 Å². The van der Waals surface area contributed by atoms with Gasteiger partial charge < -0.3 is 30.5 Å². The van der Waals surface area contributed by atoms with E-state index >= 15 is 0 Å². The minimum atomic E-state index is -0.810. The molecule has 0 bridgehead atoms. The van der Waals surface area contributed by atoms with Crippen LogP contribution in [0.1, 0.15) is 42.9 Å². The lowest BCUT2D eigenvalue weighted by Crippen LogP contribution is -2.18. The highest BCUT2D eigenvalue weighted by Gasteiger charge is 2.30. The molecule has 3 aromatic rings. The van der Waals surface area contributed by atoms with Gasteiger partial charge in [-0.05, 0) is 42.8 Å². The van der Waals surface area contributed by atoms with Crippen LogP contribution >= 0.6 is 0 Å². The zero-order valence-corrected chi connectivity index (χ0v) is 19.2. The Bertz CT molecular complexity index is 1190. The summed E-state index contributed by atoms with van der Waals surface area (Å²) in [6.07, 6.45) is 1.07. The number of nitrogens with two attached hydrogens (primary N) is 1. The van der Waals surface area contributed by atoms with Gasteiger partial charge in [-0.1, -0.05) is 25.1 Å². The van der Waals surface area contributed by atoms with Crippen LogP contribution in [0.2, 0.25) is 0 Å². The molecule has 0 aromatic heterocycles. The molecular formula is C27H29N3O4. The van der Waals surface area contributed by atoms with Crippen molar-refractivity contribution in [2.45, 2.75) is 31.7 Å². The largest absolute Gasteiger partial charge is 0.493 e. The number of carboxylic acids is 1. The first-order valence-electron chi connectivity index (χ1n) is 11.7. The summed E-state index contributed by atoms with van der Waals surface area (Å²) in [4.78, 5) is 13.4. The third kappa shape index (κ3) is 4.21. The SMILES string of the molecule is CCCN(c1ccc(N)cc1)c1cccc2c1OCC2Nc1ccc2c(c1)OC[C@H]2CC(=O)O. The zero-order chi connectivity index (χ0) is 23.7. The Hall–Kier alpha value is -3.87. The number of para-hydroxylation sites is 1. The van der Waals surface area contributed by atoms with Gasteiger partial charge in [-0.3, -0.25) is 4.79 Å². The van der Waals surface area contributed by atoms with Crippen molar-refractivity contribution in [3.8, 4) is 11.5 Å².